The van der Waals surface area contributed by atoms with Gasteiger partial charge in [-0.1, -0.05) is 121 Å². The molecule has 0 amide bonds. The first kappa shape index (κ1) is 21.2. The van der Waals surface area contributed by atoms with E-state index in [2.05, 4.69) is 122 Å². The van der Waals surface area contributed by atoms with Crippen molar-refractivity contribution in [2.45, 2.75) is 67.1 Å². The van der Waals surface area contributed by atoms with E-state index in [4.69, 9.17) is 0 Å². The topological polar surface area (TPSA) is 0 Å². The van der Waals surface area contributed by atoms with Gasteiger partial charge in [-0.2, -0.15) is 0 Å². The van der Waals surface area contributed by atoms with Crippen LogP contribution in [0.15, 0.2) is 115 Å². The standard InChI is InChI=1S/C35H34/c1-27-17-19-31(20-18-27)35-24-32(28-11-5-2-6-12-28)21-33(25-35,29-13-7-3-8-14-29)23-34(22-32,26-35)30-15-9-4-10-16-30/h2-20H,21-26H2,1H3. The lowest BCUT2D eigenvalue weighted by Crippen LogP contribution is -2.67. The Bertz CT molecular complexity index is 1190. The Morgan fingerprint density at radius 2 is 0.600 bits per heavy atom. The Morgan fingerprint density at radius 1 is 0.343 bits per heavy atom. The van der Waals surface area contributed by atoms with Crippen LogP contribution in [0.4, 0.5) is 0 Å². The SMILES string of the molecule is Cc1ccc(C23CC4(c5ccccc5)CC(c5ccccc5)(CC(c5ccccc5)(C4)C2)C3)cc1. The molecule has 35 heavy (non-hydrogen) atoms. The monoisotopic (exact) mass is 454 g/mol. The Hall–Kier alpha value is -3.12. The van der Waals surface area contributed by atoms with E-state index in [1.54, 1.807) is 22.3 Å². The third-order valence-corrected chi connectivity index (χ3v) is 9.88. The van der Waals surface area contributed by atoms with Crippen molar-refractivity contribution in [2.24, 2.45) is 0 Å². The molecule has 0 aromatic heterocycles. The smallest absolute Gasteiger partial charge is 0.00215 e. The molecule has 4 aromatic carbocycles. The molecule has 4 fully saturated rings. The van der Waals surface area contributed by atoms with Crippen LogP contribution >= 0.6 is 0 Å². The Balaban J connectivity index is 1.52. The summed E-state index contributed by atoms with van der Waals surface area (Å²) < 4.78 is 0. The third kappa shape index (κ3) is 3.12. The zero-order chi connectivity index (χ0) is 23.6. The molecule has 0 atom stereocenters. The number of rotatable bonds is 4. The van der Waals surface area contributed by atoms with Gasteiger partial charge in [0.05, 0.1) is 0 Å². The average Bonchev–Trinajstić information content (AvgIpc) is 2.90. The summed E-state index contributed by atoms with van der Waals surface area (Å²) in [5.74, 6) is 0. The molecule has 4 aromatic rings. The first-order valence-electron chi connectivity index (χ1n) is 13.3. The van der Waals surface area contributed by atoms with Crippen LogP contribution in [0.5, 0.6) is 0 Å². The molecule has 0 aliphatic heterocycles. The zero-order valence-electron chi connectivity index (χ0n) is 20.7. The van der Waals surface area contributed by atoms with Gasteiger partial charge >= 0.3 is 0 Å². The summed E-state index contributed by atoms with van der Waals surface area (Å²) in [7, 11) is 0. The van der Waals surface area contributed by atoms with E-state index in [-0.39, 0.29) is 21.7 Å². The minimum Gasteiger partial charge on any atom is -0.0622 e. The molecule has 174 valence electrons. The van der Waals surface area contributed by atoms with Crippen molar-refractivity contribution in [3.63, 3.8) is 0 Å². The van der Waals surface area contributed by atoms with Gasteiger partial charge in [0.25, 0.3) is 0 Å². The third-order valence-electron chi connectivity index (χ3n) is 9.88. The van der Waals surface area contributed by atoms with Gasteiger partial charge in [-0.3, -0.25) is 0 Å². The fraction of sp³-hybridized carbons (Fsp3) is 0.314. The molecule has 4 saturated carbocycles. The maximum absolute atomic E-state index is 2.46. The van der Waals surface area contributed by atoms with Gasteiger partial charge in [-0.05, 0) is 89.4 Å². The molecule has 0 spiro atoms. The normalized spacial score (nSPS) is 33.1. The first-order chi connectivity index (χ1) is 17.1. The second-order valence-electron chi connectivity index (χ2n) is 12.1. The first-order valence-corrected chi connectivity index (χ1v) is 13.3. The summed E-state index contributed by atoms with van der Waals surface area (Å²) in [6.45, 7) is 2.21. The molecule has 0 radical (unpaired) electrons. The molecule has 4 bridgehead atoms. The van der Waals surface area contributed by atoms with Crippen molar-refractivity contribution in [1.29, 1.82) is 0 Å². The van der Waals surface area contributed by atoms with E-state index < -0.39 is 0 Å². The van der Waals surface area contributed by atoms with Gasteiger partial charge in [0, 0.05) is 0 Å². The van der Waals surface area contributed by atoms with Crippen molar-refractivity contribution >= 4 is 0 Å². The van der Waals surface area contributed by atoms with E-state index in [0.29, 0.717) is 0 Å². The van der Waals surface area contributed by atoms with Crippen molar-refractivity contribution in [2.75, 3.05) is 0 Å². The number of benzene rings is 4. The van der Waals surface area contributed by atoms with Gasteiger partial charge in [0.2, 0.25) is 0 Å². The van der Waals surface area contributed by atoms with Gasteiger partial charge in [0.15, 0.2) is 0 Å². The van der Waals surface area contributed by atoms with Crippen LogP contribution in [-0.4, -0.2) is 0 Å². The molecule has 4 aliphatic carbocycles. The number of aryl methyl sites for hydroxylation is 1. The van der Waals surface area contributed by atoms with E-state index in [9.17, 15) is 0 Å². The summed E-state index contributed by atoms with van der Waals surface area (Å²) in [6, 6.07) is 44.2. The van der Waals surface area contributed by atoms with Crippen molar-refractivity contribution in [3.8, 4) is 0 Å². The van der Waals surface area contributed by atoms with Crippen molar-refractivity contribution < 1.29 is 0 Å². The summed E-state index contributed by atoms with van der Waals surface area (Å²) >= 11 is 0. The minimum atomic E-state index is 0.184. The van der Waals surface area contributed by atoms with E-state index in [1.807, 2.05) is 0 Å². The molecule has 0 unspecified atom stereocenters. The van der Waals surface area contributed by atoms with Gasteiger partial charge in [0.1, 0.15) is 0 Å². The minimum absolute atomic E-state index is 0.184. The fourth-order valence-electron chi connectivity index (χ4n) is 9.14. The van der Waals surface area contributed by atoms with Crippen LogP contribution in [0, 0.1) is 6.92 Å². The van der Waals surface area contributed by atoms with Crippen LogP contribution in [0.3, 0.4) is 0 Å². The average molecular weight is 455 g/mol. The Morgan fingerprint density at radius 3 is 0.886 bits per heavy atom. The highest BCUT2D eigenvalue weighted by molar-refractivity contribution is 5.49. The molecule has 8 rings (SSSR count). The number of hydrogen-bond acceptors (Lipinski definition) is 0. The molecule has 0 nitrogen and oxygen atoms in total. The van der Waals surface area contributed by atoms with Gasteiger partial charge in [-0.25, -0.2) is 0 Å². The van der Waals surface area contributed by atoms with Crippen LogP contribution in [0.1, 0.15) is 66.3 Å². The second-order valence-corrected chi connectivity index (χ2v) is 12.1. The van der Waals surface area contributed by atoms with E-state index >= 15 is 0 Å². The molecule has 4 aliphatic rings. The molecular weight excluding hydrogens is 420 g/mol. The van der Waals surface area contributed by atoms with Crippen LogP contribution in [0.25, 0.3) is 0 Å². The molecule has 0 heterocycles. The van der Waals surface area contributed by atoms with Crippen LogP contribution in [0.2, 0.25) is 0 Å². The largest absolute Gasteiger partial charge is 0.0622 e. The summed E-state index contributed by atoms with van der Waals surface area (Å²) in [6.07, 6.45) is 7.56. The van der Waals surface area contributed by atoms with Gasteiger partial charge < -0.3 is 0 Å². The summed E-state index contributed by atoms with van der Waals surface area (Å²) in [5, 5.41) is 0. The highest BCUT2D eigenvalue weighted by Gasteiger charge is 2.69. The highest BCUT2D eigenvalue weighted by Crippen LogP contribution is 2.74. The highest BCUT2D eigenvalue weighted by atomic mass is 14.7. The quantitative estimate of drug-likeness (QED) is 0.290. The molecule has 0 saturated heterocycles. The van der Waals surface area contributed by atoms with Crippen molar-refractivity contribution in [1.82, 2.24) is 0 Å². The van der Waals surface area contributed by atoms with Gasteiger partial charge in [-0.15, -0.1) is 0 Å². The van der Waals surface area contributed by atoms with Crippen LogP contribution in [-0.2, 0) is 21.7 Å². The zero-order valence-corrected chi connectivity index (χ0v) is 20.7. The lowest BCUT2D eigenvalue weighted by molar-refractivity contribution is -0.0691. The maximum atomic E-state index is 2.46. The maximum Gasteiger partial charge on any atom is -0.00215 e. The summed E-state index contributed by atoms with van der Waals surface area (Å²) in [5.41, 5.74) is 8.31. The van der Waals surface area contributed by atoms with E-state index in [0.717, 1.165) is 0 Å². The molecular formula is C35H34. The fourth-order valence-corrected chi connectivity index (χ4v) is 9.14. The number of hydrogen-bond donors (Lipinski definition) is 0. The Labute approximate surface area is 210 Å². The van der Waals surface area contributed by atoms with E-state index in [1.165, 1.54) is 44.1 Å². The Kier molecular flexibility index (Phi) is 4.50. The predicted molar refractivity (Wildman–Crippen MR) is 145 cm³/mol. The summed E-state index contributed by atoms with van der Waals surface area (Å²) in [4.78, 5) is 0. The molecule has 0 N–H and O–H groups in total. The molecule has 0 heteroatoms. The lowest BCUT2D eigenvalue weighted by atomic mass is 9.32. The predicted octanol–water partition coefficient (Wildman–Crippen LogP) is 8.43. The van der Waals surface area contributed by atoms with Crippen molar-refractivity contribution in [3.05, 3.63) is 143 Å². The van der Waals surface area contributed by atoms with Crippen LogP contribution < -0.4 is 0 Å². The lowest BCUT2D eigenvalue weighted by Gasteiger charge is -2.71. The second kappa shape index (κ2) is 7.44.